The average molecular weight is 219 g/mol. The number of hydrogen-bond donors (Lipinski definition) is 2. The van der Waals surface area contributed by atoms with Gasteiger partial charge < -0.3 is 10.8 Å². The number of carboxylic acids is 1. The first-order valence-corrected chi connectivity index (χ1v) is 4.09. The van der Waals surface area contributed by atoms with Gasteiger partial charge in [0.25, 0.3) is 0 Å². The van der Waals surface area contributed by atoms with Gasteiger partial charge in [0, 0.05) is 5.56 Å². The summed E-state index contributed by atoms with van der Waals surface area (Å²) in [5.41, 5.74) is 3.32. The predicted octanol–water partition coefficient (Wildman–Crippen LogP) is 1.95. The summed E-state index contributed by atoms with van der Waals surface area (Å²) in [6.45, 7) is 1.46. The second kappa shape index (κ2) is 3.80. The van der Waals surface area contributed by atoms with E-state index in [1.54, 1.807) is 0 Å². The van der Waals surface area contributed by atoms with Crippen LogP contribution < -0.4 is 5.73 Å². The van der Waals surface area contributed by atoms with E-state index in [0.717, 1.165) is 0 Å². The number of aromatic carboxylic acids is 1. The fourth-order valence-electron chi connectivity index (χ4n) is 1.28. The van der Waals surface area contributed by atoms with Crippen molar-refractivity contribution in [1.82, 2.24) is 0 Å². The van der Waals surface area contributed by atoms with E-state index >= 15 is 0 Å². The molecule has 6 heteroatoms. The molecular weight excluding hydrogens is 211 g/mol. The second-order valence-electron chi connectivity index (χ2n) is 2.87. The van der Waals surface area contributed by atoms with Crippen LogP contribution in [-0.2, 0) is 6.42 Å². The van der Waals surface area contributed by atoms with Crippen molar-refractivity contribution in [3.05, 3.63) is 28.6 Å². The minimum absolute atomic E-state index is 0.0187. The Labute approximate surface area is 83.3 Å². The van der Waals surface area contributed by atoms with Crippen molar-refractivity contribution < 1.29 is 23.1 Å². The number of anilines is 1. The molecule has 0 amide bonds. The first kappa shape index (κ1) is 11.4. The zero-order valence-electron chi connectivity index (χ0n) is 7.77. The van der Waals surface area contributed by atoms with Crippen LogP contribution in [0.2, 0.25) is 0 Å². The fraction of sp³-hybridized carbons (Fsp3) is 0.222. The van der Waals surface area contributed by atoms with Crippen LogP contribution in [0.5, 0.6) is 0 Å². The van der Waals surface area contributed by atoms with Crippen molar-refractivity contribution in [2.75, 3.05) is 5.73 Å². The van der Waals surface area contributed by atoms with E-state index in [1.807, 2.05) is 0 Å². The molecule has 0 unspecified atom stereocenters. The Bertz CT molecular complexity index is 432. The van der Waals surface area contributed by atoms with Crippen LogP contribution >= 0.6 is 0 Å². The van der Waals surface area contributed by atoms with Gasteiger partial charge in [0.1, 0.15) is 5.56 Å². The van der Waals surface area contributed by atoms with Crippen LogP contribution in [-0.4, -0.2) is 11.1 Å². The normalized spacial score (nSPS) is 10.4. The van der Waals surface area contributed by atoms with Gasteiger partial charge in [0.2, 0.25) is 0 Å². The van der Waals surface area contributed by atoms with E-state index in [4.69, 9.17) is 10.8 Å². The second-order valence-corrected chi connectivity index (χ2v) is 2.87. The first-order chi connectivity index (χ1) is 6.91. The molecule has 0 saturated heterocycles. The third kappa shape index (κ3) is 1.62. The molecule has 15 heavy (non-hydrogen) atoms. The lowest BCUT2D eigenvalue weighted by Gasteiger charge is -2.10. The summed E-state index contributed by atoms with van der Waals surface area (Å²) >= 11 is 0. The predicted molar refractivity (Wildman–Crippen MR) is 47.1 cm³/mol. The van der Waals surface area contributed by atoms with Gasteiger partial charge >= 0.3 is 5.97 Å². The van der Waals surface area contributed by atoms with Crippen molar-refractivity contribution in [1.29, 1.82) is 0 Å². The summed E-state index contributed by atoms with van der Waals surface area (Å²) in [5.74, 6) is -6.73. The highest BCUT2D eigenvalue weighted by Crippen LogP contribution is 2.27. The van der Waals surface area contributed by atoms with Crippen molar-refractivity contribution in [3.8, 4) is 0 Å². The van der Waals surface area contributed by atoms with E-state index in [9.17, 15) is 18.0 Å². The summed E-state index contributed by atoms with van der Waals surface area (Å²) in [6.07, 6.45) is -0.0187. The van der Waals surface area contributed by atoms with Crippen molar-refractivity contribution in [3.63, 3.8) is 0 Å². The first-order valence-electron chi connectivity index (χ1n) is 4.09. The standard InChI is InChI=1S/C9H8F3NO2/c1-2-3-5(10)7(12)6(11)4(8(3)13)9(14)15/h2,13H2,1H3,(H,14,15). The largest absolute Gasteiger partial charge is 0.478 e. The summed E-state index contributed by atoms with van der Waals surface area (Å²) in [6, 6.07) is 0. The molecule has 0 saturated carbocycles. The van der Waals surface area contributed by atoms with Gasteiger partial charge in [-0.2, -0.15) is 0 Å². The molecule has 0 aliphatic rings. The number of nitrogen functional groups attached to an aromatic ring is 1. The van der Waals surface area contributed by atoms with Crippen LogP contribution in [0, 0.1) is 17.5 Å². The number of hydrogen-bond acceptors (Lipinski definition) is 2. The number of nitrogens with two attached hydrogens (primary N) is 1. The number of halogens is 3. The summed E-state index contributed by atoms with van der Waals surface area (Å²) < 4.78 is 39.0. The van der Waals surface area contributed by atoms with E-state index < -0.39 is 34.7 Å². The topological polar surface area (TPSA) is 63.3 Å². The van der Waals surface area contributed by atoms with E-state index in [-0.39, 0.29) is 12.0 Å². The highest BCUT2D eigenvalue weighted by Gasteiger charge is 2.26. The maximum atomic E-state index is 13.1. The van der Waals surface area contributed by atoms with Crippen molar-refractivity contribution in [2.24, 2.45) is 0 Å². The molecule has 0 spiro atoms. The Morgan fingerprint density at radius 3 is 2.20 bits per heavy atom. The summed E-state index contributed by atoms with van der Waals surface area (Å²) in [7, 11) is 0. The van der Waals surface area contributed by atoms with Gasteiger partial charge in [-0.05, 0) is 6.42 Å². The molecule has 0 bridgehead atoms. The summed E-state index contributed by atoms with van der Waals surface area (Å²) in [5, 5.41) is 8.57. The molecule has 3 nitrogen and oxygen atoms in total. The third-order valence-corrected chi connectivity index (χ3v) is 2.03. The van der Waals surface area contributed by atoms with Gasteiger partial charge in [-0.25, -0.2) is 18.0 Å². The number of carbonyl (C=O) groups is 1. The van der Waals surface area contributed by atoms with Gasteiger partial charge in [0.15, 0.2) is 17.5 Å². The minimum Gasteiger partial charge on any atom is -0.478 e. The van der Waals surface area contributed by atoms with E-state index in [1.165, 1.54) is 6.92 Å². The molecule has 1 aromatic rings. The van der Waals surface area contributed by atoms with Gasteiger partial charge in [-0.15, -0.1) is 0 Å². The third-order valence-electron chi connectivity index (χ3n) is 2.03. The molecule has 3 N–H and O–H groups in total. The Morgan fingerprint density at radius 2 is 1.80 bits per heavy atom. The molecular formula is C9H8F3NO2. The molecule has 1 aromatic carbocycles. The average Bonchev–Trinajstić information content (AvgIpc) is 2.15. The van der Waals surface area contributed by atoms with Crippen LogP contribution in [0.3, 0.4) is 0 Å². The highest BCUT2D eigenvalue weighted by molar-refractivity contribution is 5.94. The Morgan fingerprint density at radius 1 is 1.27 bits per heavy atom. The molecule has 0 atom stereocenters. The molecule has 0 heterocycles. The van der Waals surface area contributed by atoms with Crippen LogP contribution in [0.25, 0.3) is 0 Å². The molecule has 82 valence electrons. The smallest absolute Gasteiger partial charge is 0.340 e. The Kier molecular flexibility index (Phi) is 2.88. The van der Waals surface area contributed by atoms with Gasteiger partial charge in [-0.3, -0.25) is 0 Å². The molecule has 0 fully saturated rings. The summed E-state index contributed by atoms with van der Waals surface area (Å²) in [4.78, 5) is 10.6. The fourth-order valence-corrected chi connectivity index (χ4v) is 1.28. The monoisotopic (exact) mass is 219 g/mol. The highest BCUT2D eigenvalue weighted by atomic mass is 19.2. The zero-order valence-corrected chi connectivity index (χ0v) is 7.77. The van der Waals surface area contributed by atoms with Gasteiger partial charge in [-0.1, -0.05) is 6.92 Å². The van der Waals surface area contributed by atoms with Crippen LogP contribution in [0.4, 0.5) is 18.9 Å². The maximum Gasteiger partial charge on any atom is 0.340 e. The molecule has 1 rings (SSSR count). The molecule has 0 aliphatic carbocycles. The lowest BCUT2D eigenvalue weighted by atomic mass is 10.0. The molecule has 0 radical (unpaired) electrons. The van der Waals surface area contributed by atoms with Crippen LogP contribution in [0.15, 0.2) is 0 Å². The SMILES string of the molecule is CCc1c(N)c(C(=O)O)c(F)c(F)c1F. The van der Waals surface area contributed by atoms with Crippen LogP contribution in [0.1, 0.15) is 22.8 Å². The number of rotatable bonds is 2. The quantitative estimate of drug-likeness (QED) is 0.590. The van der Waals surface area contributed by atoms with E-state index in [0.29, 0.717) is 0 Å². The number of benzene rings is 1. The molecule has 0 aromatic heterocycles. The Balaban J connectivity index is 3.68. The van der Waals surface area contributed by atoms with Crippen molar-refractivity contribution in [2.45, 2.75) is 13.3 Å². The zero-order chi connectivity index (χ0) is 11.7. The molecule has 0 aliphatic heterocycles. The maximum absolute atomic E-state index is 13.1. The lowest BCUT2D eigenvalue weighted by molar-refractivity contribution is 0.0691. The van der Waals surface area contributed by atoms with Gasteiger partial charge in [0.05, 0.1) is 5.69 Å². The Hall–Kier alpha value is -1.72. The lowest BCUT2D eigenvalue weighted by Crippen LogP contribution is -2.13. The van der Waals surface area contributed by atoms with Crippen molar-refractivity contribution >= 4 is 11.7 Å². The van der Waals surface area contributed by atoms with E-state index in [2.05, 4.69) is 0 Å². The minimum atomic E-state index is -1.81. The number of carboxylic acid groups (broad SMARTS) is 1.